The van der Waals surface area contributed by atoms with Crippen LogP contribution < -0.4 is 10.1 Å². The smallest absolute Gasteiger partial charge is 0.119 e. The number of nitrogens with one attached hydrogen (secondary N) is 1. The zero-order valence-electron chi connectivity index (χ0n) is 13.1. The van der Waals surface area contributed by atoms with Gasteiger partial charge in [0.25, 0.3) is 0 Å². The molecule has 0 spiro atoms. The summed E-state index contributed by atoms with van der Waals surface area (Å²) in [6.45, 7) is 8.14. The van der Waals surface area contributed by atoms with E-state index in [2.05, 4.69) is 55.3 Å². The maximum atomic E-state index is 5.66. The first-order chi connectivity index (χ1) is 10.3. The van der Waals surface area contributed by atoms with Gasteiger partial charge < -0.3 is 10.1 Å². The minimum Gasteiger partial charge on any atom is -0.494 e. The lowest BCUT2D eigenvalue weighted by Gasteiger charge is -2.19. The van der Waals surface area contributed by atoms with Crippen molar-refractivity contribution in [2.75, 3.05) is 13.2 Å². The third-order valence-electron chi connectivity index (χ3n) is 3.33. The van der Waals surface area contributed by atoms with Crippen LogP contribution in [0.5, 0.6) is 5.75 Å². The summed E-state index contributed by atoms with van der Waals surface area (Å²) >= 11 is 1.72. The van der Waals surface area contributed by atoms with Crippen molar-refractivity contribution in [2.24, 2.45) is 0 Å². The quantitative estimate of drug-likeness (QED) is 0.788. The normalized spacial score (nSPS) is 12.3. The van der Waals surface area contributed by atoms with Gasteiger partial charge in [0.15, 0.2) is 0 Å². The topological polar surface area (TPSA) is 34.1 Å². The molecule has 21 heavy (non-hydrogen) atoms. The van der Waals surface area contributed by atoms with Crippen molar-refractivity contribution in [2.45, 2.75) is 39.7 Å². The van der Waals surface area contributed by atoms with Gasteiger partial charge in [0.2, 0.25) is 0 Å². The minimum atomic E-state index is 0.220. The van der Waals surface area contributed by atoms with Gasteiger partial charge in [-0.15, -0.1) is 11.3 Å². The summed E-state index contributed by atoms with van der Waals surface area (Å²) < 4.78 is 5.66. The van der Waals surface area contributed by atoms with Gasteiger partial charge in [-0.05, 0) is 44.0 Å². The van der Waals surface area contributed by atoms with E-state index in [1.165, 1.54) is 10.4 Å². The first kappa shape index (κ1) is 16.0. The van der Waals surface area contributed by atoms with Gasteiger partial charge in [-0.25, -0.2) is 4.98 Å². The van der Waals surface area contributed by atoms with E-state index in [-0.39, 0.29) is 6.04 Å². The van der Waals surface area contributed by atoms with Crippen LogP contribution in [0.4, 0.5) is 0 Å². The lowest BCUT2D eigenvalue weighted by molar-refractivity contribution is 0.317. The molecular formula is C17H24N2OS. The molecule has 1 atom stereocenters. The number of thiazole rings is 1. The van der Waals surface area contributed by atoms with Crippen molar-refractivity contribution in [3.05, 3.63) is 45.9 Å². The van der Waals surface area contributed by atoms with Gasteiger partial charge in [0.05, 0.1) is 23.9 Å². The fraction of sp³-hybridized carbons (Fsp3) is 0.471. The van der Waals surface area contributed by atoms with E-state index < -0.39 is 0 Å². The highest BCUT2D eigenvalue weighted by Gasteiger charge is 2.17. The number of hydrogen-bond donors (Lipinski definition) is 1. The Morgan fingerprint density at radius 1 is 1.19 bits per heavy atom. The number of aromatic nitrogens is 1. The largest absolute Gasteiger partial charge is 0.494 e. The first-order valence-corrected chi connectivity index (χ1v) is 8.50. The van der Waals surface area contributed by atoms with Crippen molar-refractivity contribution in [3.8, 4) is 5.75 Å². The van der Waals surface area contributed by atoms with E-state index in [0.29, 0.717) is 0 Å². The zero-order valence-corrected chi connectivity index (χ0v) is 13.9. The molecule has 4 heteroatoms. The predicted octanol–water partition coefficient (Wildman–Crippen LogP) is 4.33. The van der Waals surface area contributed by atoms with Gasteiger partial charge in [-0.3, -0.25) is 0 Å². The molecule has 3 nitrogen and oxygen atoms in total. The fourth-order valence-corrected chi connectivity index (χ4v) is 3.12. The van der Waals surface area contributed by atoms with E-state index in [4.69, 9.17) is 4.74 Å². The Bertz CT molecular complexity index is 536. The van der Waals surface area contributed by atoms with Crippen LogP contribution in [0.3, 0.4) is 0 Å². The van der Waals surface area contributed by atoms with Gasteiger partial charge in [0, 0.05) is 4.88 Å². The molecular weight excluding hydrogens is 280 g/mol. The number of aryl methyl sites for hydroxylation is 1. The van der Waals surface area contributed by atoms with Crippen molar-refractivity contribution in [3.63, 3.8) is 0 Å². The minimum absolute atomic E-state index is 0.220. The average molecular weight is 304 g/mol. The second-order valence-electron chi connectivity index (χ2n) is 5.11. The fourth-order valence-electron chi connectivity index (χ4n) is 2.22. The molecule has 0 aliphatic rings. The SMILES string of the molecule is CCCNC(c1ccc(OCCC)cc1)c1scnc1C. The standard InChI is InChI=1S/C17H24N2OS/c1-4-10-18-16(17-13(3)19-12-21-17)14-6-8-15(9-7-14)20-11-5-2/h6-9,12,16,18H,4-5,10-11H2,1-3H3. The second kappa shape index (κ2) is 8.15. The Morgan fingerprint density at radius 2 is 1.95 bits per heavy atom. The van der Waals surface area contributed by atoms with Crippen molar-refractivity contribution < 1.29 is 4.74 Å². The van der Waals surface area contributed by atoms with Crippen molar-refractivity contribution in [1.82, 2.24) is 10.3 Å². The van der Waals surface area contributed by atoms with E-state index in [0.717, 1.165) is 37.4 Å². The molecule has 1 aromatic heterocycles. The highest BCUT2D eigenvalue weighted by Crippen LogP contribution is 2.29. The molecule has 1 unspecified atom stereocenters. The second-order valence-corrected chi connectivity index (χ2v) is 5.99. The lowest BCUT2D eigenvalue weighted by atomic mass is 10.0. The van der Waals surface area contributed by atoms with Crippen LogP contribution in [-0.2, 0) is 0 Å². The van der Waals surface area contributed by atoms with Gasteiger partial charge in [-0.2, -0.15) is 0 Å². The van der Waals surface area contributed by atoms with Gasteiger partial charge in [-0.1, -0.05) is 26.0 Å². The average Bonchev–Trinajstić information content (AvgIpc) is 2.93. The number of rotatable bonds is 8. The van der Waals surface area contributed by atoms with Crippen LogP contribution >= 0.6 is 11.3 Å². The van der Waals surface area contributed by atoms with Crippen LogP contribution in [-0.4, -0.2) is 18.1 Å². The number of hydrogen-bond acceptors (Lipinski definition) is 4. The van der Waals surface area contributed by atoms with E-state index in [1.54, 1.807) is 11.3 Å². The maximum Gasteiger partial charge on any atom is 0.119 e. The highest BCUT2D eigenvalue weighted by atomic mass is 32.1. The van der Waals surface area contributed by atoms with Crippen LogP contribution in [0.1, 0.15) is 48.9 Å². The molecule has 0 bridgehead atoms. The summed E-state index contributed by atoms with van der Waals surface area (Å²) in [7, 11) is 0. The van der Waals surface area contributed by atoms with Crippen LogP contribution in [0.25, 0.3) is 0 Å². The Hall–Kier alpha value is -1.39. The van der Waals surface area contributed by atoms with Crippen molar-refractivity contribution >= 4 is 11.3 Å². The van der Waals surface area contributed by atoms with Crippen molar-refractivity contribution in [1.29, 1.82) is 0 Å². The molecule has 0 amide bonds. The third kappa shape index (κ3) is 4.29. The highest BCUT2D eigenvalue weighted by molar-refractivity contribution is 7.09. The molecule has 2 aromatic rings. The third-order valence-corrected chi connectivity index (χ3v) is 4.33. The number of ether oxygens (including phenoxy) is 1. The summed E-state index contributed by atoms with van der Waals surface area (Å²) in [5.74, 6) is 0.941. The molecule has 0 fully saturated rings. The predicted molar refractivity (Wildman–Crippen MR) is 89.2 cm³/mol. The van der Waals surface area contributed by atoms with E-state index >= 15 is 0 Å². The molecule has 114 valence electrons. The molecule has 1 heterocycles. The zero-order chi connectivity index (χ0) is 15.1. The number of benzene rings is 1. The molecule has 0 aliphatic heterocycles. The molecule has 0 saturated carbocycles. The molecule has 2 rings (SSSR count). The summed E-state index contributed by atoms with van der Waals surface area (Å²) in [4.78, 5) is 5.68. The molecule has 0 aliphatic carbocycles. The van der Waals surface area contributed by atoms with Gasteiger partial charge in [0.1, 0.15) is 5.75 Å². The van der Waals surface area contributed by atoms with Gasteiger partial charge >= 0.3 is 0 Å². The number of nitrogens with zero attached hydrogens (tertiary/aromatic N) is 1. The maximum absolute atomic E-state index is 5.66. The monoisotopic (exact) mass is 304 g/mol. The summed E-state index contributed by atoms with van der Waals surface area (Å²) in [6.07, 6.45) is 2.15. The molecule has 0 radical (unpaired) electrons. The molecule has 0 saturated heterocycles. The van der Waals surface area contributed by atoms with E-state index in [9.17, 15) is 0 Å². The van der Waals surface area contributed by atoms with Crippen LogP contribution in [0.2, 0.25) is 0 Å². The van der Waals surface area contributed by atoms with Crippen LogP contribution in [0, 0.1) is 6.92 Å². The summed E-state index contributed by atoms with van der Waals surface area (Å²) in [5, 5.41) is 3.62. The Labute approximate surface area is 131 Å². The summed E-state index contributed by atoms with van der Waals surface area (Å²) in [6, 6.07) is 8.64. The Kier molecular flexibility index (Phi) is 6.21. The molecule has 1 N–H and O–H groups in total. The van der Waals surface area contributed by atoms with E-state index in [1.807, 2.05) is 5.51 Å². The first-order valence-electron chi connectivity index (χ1n) is 7.62. The Balaban J connectivity index is 2.18. The van der Waals surface area contributed by atoms with Crippen LogP contribution in [0.15, 0.2) is 29.8 Å². The lowest BCUT2D eigenvalue weighted by Crippen LogP contribution is -2.23. The Morgan fingerprint density at radius 3 is 2.52 bits per heavy atom. The molecule has 1 aromatic carbocycles. The summed E-state index contributed by atoms with van der Waals surface area (Å²) in [5.41, 5.74) is 4.30.